The molecule has 0 amide bonds. The van der Waals surface area contributed by atoms with Crippen molar-refractivity contribution >= 4 is 18.2 Å². The molecule has 0 aliphatic rings. The van der Waals surface area contributed by atoms with Gasteiger partial charge in [-0.15, -0.1) is 0 Å². The summed E-state index contributed by atoms with van der Waals surface area (Å²) in [5.74, 6) is -0.794. The summed E-state index contributed by atoms with van der Waals surface area (Å²) in [7, 11) is 1.25. The first kappa shape index (κ1) is 25.6. The minimum atomic E-state index is -0.938. The van der Waals surface area contributed by atoms with Crippen molar-refractivity contribution in [3.8, 4) is 0 Å². The molecule has 0 fully saturated rings. The molecule has 1 unspecified atom stereocenters. The quantitative estimate of drug-likeness (QED) is 0.246. The SMILES string of the molecule is CCCCCCCCCCCC(=O)OCC(C)(C)C=NC(CO)C(=O)OC. The molecule has 6 heteroatoms. The van der Waals surface area contributed by atoms with Gasteiger partial charge in [-0.05, 0) is 6.42 Å². The zero-order valence-electron chi connectivity index (χ0n) is 17.7. The molecule has 27 heavy (non-hydrogen) atoms. The number of ether oxygens (including phenoxy) is 2. The molecule has 0 rings (SSSR count). The van der Waals surface area contributed by atoms with E-state index in [2.05, 4.69) is 16.7 Å². The molecule has 0 aromatic carbocycles. The Balaban J connectivity index is 3.90. The number of unbranched alkanes of at least 4 members (excludes halogenated alkanes) is 8. The predicted octanol–water partition coefficient (Wildman–Crippen LogP) is 4.08. The van der Waals surface area contributed by atoms with Gasteiger partial charge in [0, 0.05) is 18.1 Å². The molecule has 1 N–H and O–H groups in total. The minimum absolute atomic E-state index is 0.187. The van der Waals surface area contributed by atoms with E-state index in [1.165, 1.54) is 58.3 Å². The van der Waals surface area contributed by atoms with Crippen LogP contribution in [0.15, 0.2) is 4.99 Å². The highest BCUT2D eigenvalue weighted by Crippen LogP contribution is 2.15. The summed E-state index contributed by atoms with van der Waals surface area (Å²) in [6.07, 6.45) is 12.9. The Bertz CT molecular complexity index is 434. The number of carbonyl (C=O) groups is 2. The lowest BCUT2D eigenvalue weighted by Gasteiger charge is -2.20. The summed E-state index contributed by atoms with van der Waals surface area (Å²) in [6.45, 7) is 5.70. The number of aliphatic hydroxyl groups is 1. The maximum Gasteiger partial charge on any atom is 0.332 e. The number of hydrogen-bond donors (Lipinski definition) is 1. The number of aliphatic imine (C=N–C) groups is 1. The summed E-state index contributed by atoms with van der Waals surface area (Å²) >= 11 is 0. The molecular weight excluding hydrogens is 346 g/mol. The summed E-state index contributed by atoms with van der Waals surface area (Å²) in [4.78, 5) is 27.3. The number of aliphatic hydroxyl groups excluding tert-OH is 1. The van der Waals surface area contributed by atoms with Crippen LogP contribution in [0.1, 0.15) is 85.0 Å². The summed E-state index contributed by atoms with van der Waals surface area (Å²) in [5, 5.41) is 9.16. The summed E-state index contributed by atoms with van der Waals surface area (Å²) in [6, 6.07) is -0.938. The third-order valence-electron chi connectivity index (χ3n) is 4.34. The maximum atomic E-state index is 11.9. The summed E-state index contributed by atoms with van der Waals surface area (Å²) in [5.41, 5.74) is -0.518. The van der Waals surface area contributed by atoms with E-state index in [-0.39, 0.29) is 12.6 Å². The molecule has 0 aliphatic heterocycles. The lowest BCUT2D eigenvalue weighted by Crippen LogP contribution is -2.28. The van der Waals surface area contributed by atoms with Crippen LogP contribution >= 0.6 is 0 Å². The van der Waals surface area contributed by atoms with Crippen LogP contribution in [0, 0.1) is 5.41 Å². The van der Waals surface area contributed by atoms with Crippen molar-refractivity contribution in [2.24, 2.45) is 10.4 Å². The first-order valence-corrected chi connectivity index (χ1v) is 10.2. The Labute approximate surface area is 164 Å². The Kier molecular flexibility index (Phi) is 14.8. The molecule has 6 nitrogen and oxygen atoms in total. The molecular formula is C21H39NO5. The second-order valence-corrected chi connectivity index (χ2v) is 7.73. The number of methoxy groups -OCH3 is 1. The van der Waals surface area contributed by atoms with Crippen molar-refractivity contribution in [3.05, 3.63) is 0 Å². The van der Waals surface area contributed by atoms with Crippen LogP contribution in [0.25, 0.3) is 0 Å². The van der Waals surface area contributed by atoms with Gasteiger partial charge in [-0.1, -0.05) is 72.1 Å². The Hall–Kier alpha value is -1.43. The van der Waals surface area contributed by atoms with E-state index in [0.29, 0.717) is 6.42 Å². The van der Waals surface area contributed by atoms with Crippen LogP contribution in [-0.4, -0.2) is 49.6 Å². The Morgan fingerprint density at radius 3 is 2.11 bits per heavy atom. The van der Waals surface area contributed by atoms with E-state index in [9.17, 15) is 9.59 Å². The van der Waals surface area contributed by atoms with Gasteiger partial charge in [-0.2, -0.15) is 0 Å². The van der Waals surface area contributed by atoms with Crippen molar-refractivity contribution in [1.29, 1.82) is 0 Å². The normalized spacial score (nSPS) is 12.9. The van der Waals surface area contributed by atoms with Crippen molar-refractivity contribution in [3.63, 3.8) is 0 Å². The monoisotopic (exact) mass is 385 g/mol. The topological polar surface area (TPSA) is 85.2 Å². The van der Waals surface area contributed by atoms with Crippen LogP contribution in [0.4, 0.5) is 0 Å². The van der Waals surface area contributed by atoms with Gasteiger partial charge in [0.25, 0.3) is 0 Å². The van der Waals surface area contributed by atoms with Gasteiger partial charge in [0.2, 0.25) is 0 Å². The van der Waals surface area contributed by atoms with Crippen LogP contribution in [0.5, 0.6) is 0 Å². The van der Waals surface area contributed by atoms with Gasteiger partial charge in [-0.3, -0.25) is 9.79 Å². The predicted molar refractivity (Wildman–Crippen MR) is 108 cm³/mol. The van der Waals surface area contributed by atoms with Crippen molar-refractivity contribution in [2.45, 2.75) is 91.0 Å². The molecule has 0 spiro atoms. The second kappa shape index (κ2) is 15.6. The fourth-order valence-corrected chi connectivity index (χ4v) is 2.57. The van der Waals surface area contributed by atoms with Crippen LogP contribution in [0.3, 0.4) is 0 Å². The zero-order valence-corrected chi connectivity index (χ0v) is 17.7. The molecule has 0 saturated heterocycles. The molecule has 0 saturated carbocycles. The van der Waals surface area contributed by atoms with Crippen LogP contribution in [-0.2, 0) is 19.1 Å². The number of esters is 2. The molecule has 0 aromatic heterocycles. The van der Waals surface area contributed by atoms with Crippen LogP contribution in [0.2, 0.25) is 0 Å². The number of carbonyl (C=O) groups excluding carboxylic acids is 2. The maximum absolute atomic E-state index is 11.9. The van der Waals surface area contributed by atoms with Crippen molar-refractivity contribution in [1.82, 2.24) is 0 Å². The van der Waals surface area contributed by atoms with E-state index in [1.807, 2.05) is 13.8 Å². The lowest BCUT2D eigenvalue weighted by atomic mass is 9.96. The Morgan fingerprint density at radius 2 is 1.59 bits per heavy atom. The van der Waals surface area contributed by atoms with E-state index >= 15 is 0 Å². The smallest absolute Gasteiger partial charge is 0.332 e. The first-order chi connectivity index (χ1) is 12.9. The molecule has 0 aliphatic carbocycles. The standard InChI is InChI=1S/C21H39NO5/c1-5-6-7-8-9-10-11-12-13-14-19(24)27-17-21(2,3)16-22-18(15-23)20(25)26-4/h16,18,23H,5-15,17H2,1-4H3. The third-order valence-corrected chi connectivity index (χ3v) is 4.34. The van der Waals surface area contributed by atoms with Crippen LogP contribution < -0.4 is 0 Å². The van der Waals surface area contributed by atoms with Crippen molar-refractivity contribution < 1.29 is 24.2 Å². The highest BCUT2D eigenvalue weighted by atomic mass is 16.5. The van der Waals surface area contributed by atoms with Gasteiger partial charge < -0.3 is 14.6 Å². The third kappa shape index (κ3) is 14.3. The van der Waals surface area contributed by atoms with E-state index in [1.54, 1.807) is 0 Å². The van der Waals surface area contributed by atoms with Gasteiger partial charge in [-0.25, -0.2) is 4.79 Å². The van der Waals surface area contributed by atoms with E-state index in [0.717, 1.165) is 12.8 Å². The molecule has 0 bridgehead atoms. The molecule has 1 atom stereocenters. The summed E-state index contributed by atoms with van der Waals surface area (Å²) < 4.78 is 9.89. The van der Waals surface area contributed by atoms with Crippen molar-refractivity contribution in [2.75, 3.05) is 20.3 Å². The highest BCUT2D eigenvalue weighted by molar-refractivity contribution is 5.79. The van der Waals surface area contributed by atoms with Gasteiger partial charge in [0.05, 0.1) is 13.7 Å². The number of nitrogens with zero attached hydrogens (tertiary/aromatic N) is 1. The molecule has 0 aromatic rings. The molecule has 0 heterocycles. The molecule has 0 radical (unpaired) electrons. The number of hydrogen-bond acceptors (Lipinski definition) is 6. The fraction of sp³-hybridized carbons (Fsp3) is 0.857. The van der Waals surface area contributed by atoms with E-state index in [4.69, 9.17) is 9.84 Å². The zero-order chi connectivity index (χ0) is 20.5. The van der Waals surface area contributed by atoms with Gasteiger partial charge in [0.15, 0.2) is 6.04 Å². The molecule has 158 valence electrons. The average molecular weight is 386 g/mol. The first-order valence-electron chi connectivity index (χ1n) is 10.2. The average Bonchev–Trinajstić information content (AvgIpc) is 2.65. The minimum Gasteiger partial charge on any atom is -0.467 e. The van der Waals surface area contributed by atoms with Gasteiger partial charge in [0.1, 0.15) is 6.61 Å². The highest BCUT2D eigenvalue weighted by Gasteiger charge is 2.21. The number of rotatable bonds is 16. The Morgan fingerprint density at radius 1 is 1.04 bits per heavy atom. The fourth-order valence-electron chi connectivity index (χ4n) is 2.57. The van der Waals surface area contributed by atoms with Gasteiger partial charge >= 0.3 is 11.9 Å². The lowest BCUT2D eigenvalue weighted by molar-refractivity contribution is -0.146. The largest absolute Gasteiger partial charge is 0.467 e. The van der Waals surface area contributed by atoms with E-state index < -0.39 is 24.0 Å². The second-order valence-electron chi connectivity index (χ2n) is 7.73.